The summed E-state index contributed by atoms with van der Waals surface area (Å²) >= 11 is 0. The van der Waals surface area contributed by atoms with Crippen LogP contribution in [-0.4, -0.2) is 29.8 Å². The number of ether oxygens (including phenoxy) is 1. The predicted molar refractivity (Wildman–Crippen MR) is 65.6 cm³/mol. The first-order chi connectivity index (χ1) is 8.65. The molecule has 0 saturated carbocycles. The van der Waals surface area contributed by atoms with Gasteiger partial charge in [-0.05, 0) is 11.6 Å². The van der Waals surface area contributed by atoms with E-state index in [2.05, 4.69) is 6.58 Å². The van der Waals surface area contributed by atoms with Crippen LogP contribution >= 0.6 is 0 Å². The molecule has 1 heterocycles. The average Bonchev–Trinajstić information content (AvgIpc) is 2.75. The fraction of sp³-hybridized carbons (Fsp3) is 0.231. The minimum absolute atomic E-state index is 0.0594. The van der Waals surface area contributed by atoms with E-state index in [1.165, 1.54) is 11.0 Å². The van der Waals surface area contributed by atoms with Crippen molar-refractivity contribution in [1.82, 2.24) is 0 Å². The van der Waals surface area contributed by atoms with Crippen LogP contribution in [0.2, 0.25) is 0 Å². The van der Waals surface area contributed by atoms with Crippen molar-refractivity contribution in [3.8, 4) is 0 Å². The van der Waals surface area contributed by atoms with E-state index in [4.69, 9.17) is 9.84 Å². The number of carbonyl (C=O) groups is 2. The Morgan fingerprint density at radius 2 is 2.22 bits per heavy atom. The Morgan fingerprint density at radius 3 is 2.89 bits per heavy atom. The summed E-state index contributed by atoms with van der Waals surface area (Å²) in [6, 6.07) is 6.20. The Morgan fingerprint density at radius 1 is 1.50 bits per heavy atom. The molecule has 1 aromatic rings. The molecule has 0 fully saturated rings. The highest BCUT2D eigenvalue weighted by molar-refractivity contribution is 5.98. The Kier molecular flexibility index (Phi) is 3.32. The largest absolute Gasteiger partial charge is 0.480 e. The average molecular weight is 247 g/mol. The second-order valence-corrected chi connectivity index (χ2v) is 3.92. The van der Waals surface area contributed by atoms with Crippen molar-refractivity contribution in [2.24, 2.45) is 0 Å². The zero-order chi connectivity index (χ0) is 13.1. The van der Waals surface area contributed by atoms with Crippen LogP contribution in [0.15, 0.2) is 36.9 Å². The van der Waals surface area contributed by atoms with Crippen LogP contribution < -0.4 is 4.90 Å². The van der Waals surface area contributed by atoms with E-state index >= 15 is 0 Å². The minimum Gasteiger partial charge on any atom is -0.480 e. The Labute approximate surface area is 104 Å². The number of aliphatic carboxylic acids is 1. The molecule has 1 amide bonds. The van der Waals surface area contributed by atoms with Crippen molar-refractivity contribution in [3.63, 3.8) is 0 Å². The number of benzene rings is 1. The topological polar surface area (TPSA) is 66.8 Å². The third kappa shape index (κ3) is 2.07. The summed E-state index contributed by atoms with van der Waals surface area (Å²) in [4.78, 5) is 24.2. The standard InChI is InChI=1S/C13H13NO4/c1-2-7-18-13(17)14-10-6-4-3-5-9(10)8-11(14)12(15)16/h2-6,11H,1,7-8H2,(H,15,16). The van der Waals surface area contributed by atoms with Crippen molar-refractivity contribution >= 4 is 17.7 Å². The lowest BCUT2D eigenvalue weighted by atomic mass is 10.1. The molecule has 0 saturated heterocycles. The molecule has 1 N–H and O–H groups in total. The van der Waals surface area contributed by atoms with Crippen LogP contribution in [0.3, 0.4) is 0 Å². The van der Waals surface area contributed by atoms with Crippen LogP contribution in [0.1, 0.15) is 5.56 Å². The maximum atomic E-state index is 11.9. The summed E-state index contributed by atoms with van der Waals surface area (Å²) in [6.07, 6.45) is 1.08. The van der Waals surface area contributed by atoms with Crippen LogP contribution in [0.5, 0.6) is 0 Å². The van der Waals surface area contributed by atoms with Gasteiger partial charge in [0.15, 0.2) is 0 Å². The van der Waals surface area contributed by atoms with E-state index in [-0.39, 0.29) is 6.61 Å². The van der Waals surface area contributed by atoms with Crippen molar-refractivity contribution < 1.29 is 19.4 Å². The van der Waals surface area contributed by atoms with E-state index in [1.807, 2.05) is 12.1 Å². The zero-order valence-electron chi connectivity index (χ0n) is 9.70. The number of fused-ring (bicyclic) bond motifs is 1. The van der Waals surface area contributed by atoms with Gasteiger partial charge < -0.3 is 9.84 Å². The fourth-order valence-electron chi connectivity index (χ4n) is 2.01. The molecule has 5 heteroatoms. The summed E-state index contributed by atoms with van der Waals surface area (Å²) in [5.74, 6) is -1.04. The Bertz CT molecular complexity index is 498. The van der Waals surface area contributed by atoms with Crippen LogP contribution in [0, 0.1) is 0 Å². The molecule has 0 bridgehead atoms. The molecule has 2 rings (SSSR count). The number of para-hydroxylation sites is 1. The SMILES string of the molecule is C=CCOC(=O)N1c2ccccc2CC1C(=O)O. The van der Waals surface area contributed by atoms with Gasteiger partial charge in [-0.25, -0.2) is 9.59 Å². The van der Waals surface area contributed by atoms with Crippen LogP contribution in [-0.2, 0) is 16.0 Å². The third-order valence-corrected chi connectivity index (χ3v) is 2.78. The summed E-state index contributed by atoms with van der Waals surface area (Å²) < 4.78 is 4.92. The highest BCUT2D eigenvalue weighted by atomic mass is 16.6. The molecule has 1 atom stereocenters. The smallest absolute Gasteiger partial charge is 0.415 e. The Balaban J connectivity index is 2.31. The first kappa shape index (κ1) is 12.2. The molecule has 18 heavy (non-hydrogen) atoms. The van der Waals surface area contributed by atoms with Gasteiger partial charge in [0.1, 0.15) is 12.6 Å². The number of anilines is 1. The van der Waals surface area contributed by atoms with Gasteiger partial charge in [0.2, 0.25) is 0 Å². The van der Waals surface area contributed by atoms with E-state index < -0.39 is 18.1 Å². The number of nitrogens with zero attached hydrogens (tertiary/aromatic N) is 1. The first-order valence-electron chi connectivity index (χ1n) is 5.52. The van der Waals surface area contributed by atoms with Gasteiger partial charge in [-0.1, -0.05) is 30.9 Å². The van der Waals surface area contributed by atoms with Gasteiger partial charge >= 0.3 is 12.1 Å². The molecule has 5 nitrogen and oxygen atoms in total. The number of carboxylic acid groups (broad SMARTS) is 1. The summed E-state index contributed by atoms with van der Waals surface area (Å²) in [5, 5.41) is 9.16. The zero-order valence-corrected chi connectivity index (χ0v) is 9.70. The van der Waals surface area contributed by atoms with Crippen LogP contribution in [0.4, 0.5) is 10.5 Å². The van der Waals surface area contributed by atoms with E-state index in [9.17, 15) is 9.59 Å². The van der Waals surface area contributed by atoms with E-state index in [1.54, 1.807) is 12.1 Å². The summed E-state index contributed by atoms with van der Waals surface area (Å²) in [5.41, 5.74) is 1.43. The highest BCUT2D eigenvalue weighted by Gasteiger charge is 2.39. The number of hydrogen-bond donors (Lipinski definition) is 1. The van der Waals surface area contributed by atoms with Crippen molar-refractivity contribution in [2.75, 3.05) is 11.5 Å². The lowest BCUT2D eigenvalue weighted by Gasteiger charge is -2.21. The van der Waals surface area contributed by atoms with Crippen LogP contribution in [0.25, 0.3) is 0 Å². The lowest BCUT2D eigenvalue weighted by molar-refractivity contribution is -0.138. The molecule has 0 radical (unpaired) electrons. The van der Waals surface area contributed by atoms with E-state index in [0.29, 0.717) is 12.1 Å². The monoisotopic (exact) mass is 247 g/mol. The maximum absolute atomic E-state index is 11.9. The molecule has 1 aromatic carbocycles. The van der Waals surface area contributed by atoms with Gasteiger partial charge in [0.05, 0.1) is 5.69 Å². The molecule has 94 valence electrons. The van der Waals surface area contributed by atoms with Gasteiger partial charge in [-0.3, -0.25) is 4.90 Å². The number of carbonyl (C=O) groups excluding carboxylic acids is 1. The first-order valence-corrected chi connectivity index (χ1v) is 5.52. The minimum atomic E-state index is -1.04. The van der Waals surface area contributed by atoms with Gasteiger partial charge in [-0.15, -0.1) is 0 Å². The van der Waals surface area contributed by atoms with Crippen molar-refractivity contribution in [1.29, 1.82) is 0 Å². The molecule has 0 spiro atoms. The molecule has 0 aromatic heterocycles. The maximum Gasteiger partial charge on any atom is 0.415 e. The van der Waals surface area contributed by atoms with Gasteiger partial charge in [0, 0.05) is 6.42 Å². The fourth-order valence-corrected chi connectivity index (χ4v) is 2.01. The Hall–Kier alpha value is -2.30. The predicted octanol–water partition coefficient (Wildman–Crippen LogP) is 1.82. The van der Waals surface area contributed by atoms with E-state index in [0.717, 1.165) is 5.56 Å². The quantitative estimate of drug-likeness (QED) is 0.827. The molecule has 0 aliphatic carbocycles. The second-order valence-electron chi connectivity index (χ2n) is 3.92. The molecular formula is C13H13NO4. The van der Waals surface area contributed by atoms with Crippen molar-refractivity contribution in [3.05, 3.63) is 42.5 Å². The number of carboxylic acids is 1. The van der Waals surface area contributed by atoms with Gasteiger partial charge in [-0.2, -0.15) is 0 Å². The molecular weight excluding hydrogens is 234 g/mol. The third-order valence-electron chi connectivity index (χ3n) is 2.78. The van der Waals surface area contributed by atoms with Gasteiger partial charge in [0.25, 0.3) is 0 Å². The number of amides is 1. The number of rotatable bonds is 3. The summed E-state index contributed by atoms with van der Waals surface area (Å²) in [7, 11) is 0. The highest BCUT2D eigenvalue weighted by Crippen LogP contribution is 2.32. The molecule has 1 aliphatic rings. The van der Waals surface area contributed by atoms with Crippen molar-refractivity contribution in [2.45, 2.75) is 12.5 Å². The molecule has 1 aliphatic heterocycles. The number of hydrogen-bond acceptors (Lipinski definition) is 3. The molecule has 1 unspecified atom stereocenters. The normalized spacial score (nSPS) is 17.1. The lowest BCUT2D eigenvalue weighted by Crippen LogP contribution is -2.43. The second kappa shape index (κ2) is 4.91. The summed E-state index contributed by atoms with van der Waals surface area (Å²) in [6.45, 7) is 3.51.